The topological polar surface area (TPSA) is 130 Å². The number of benzene rings is 1. The van der Waals surface area contributed by atoms with Gasteiger partial charge in [0, 0.05) is 35.9 Å². The fraction of sp³-hybridized carbons (Fsp3) is 0.429. The van der Waals surface area contributed by atoms with E-state index in [1.54, 1.807) is 18.2 Å². The fourth-order valence-electron chi connectivity index (χ4n) is 3.52. The third-order valence-corrected chi connectivity index (χ3v) is 5.50. The van der Waals surface area contributed by atoms with Crippen molar-refractivity contribution < 1.29 is 47.6 Å². The van der Waals surface area contributed by atoms with Crippen molar-refractivity contribution in [3.8, 4) is 23.8 Å². The number of nitrogens with zero attached hydrogens (tertiary/aromatic N) is 2. The number of amides is 4. The Labute approximate surface area is 232 Å². The van der Waals surface area contributed by atoms with E-state index >= 15 is 0 Å². The Bertz CT molecular complexity index is 1030. The maximum absolute atomic E-state index is 11.4. The number of rotatable bonds is 20. The minimum atomic E-state index is -0.331. The van der Waals surface area contributed by atoms with Crippen LogP contribution in [0, 0.1) is 12.3 Å². The molecule has 0 unspecified atom stereocenters. The summed E-state index contributed by atoms with van der Waals surface area (Å²) in [5.74, 6) is 2.32. The van der Waals surface area contributed by atoms with Gasteiger partial charge in [-0.1, -0.05) is 5.92 Å². The van der Waals surface area contributed by atoms with Crippen LogP contribution in [-0.2, 0) is 38.1 Å². The van der Waals surface area contributed by atoms with E-state index in [2.05, 4.69) is 5.92 Å². The monoisotopic (exact) mass is 556 g/mol. The van der Waals surface area contributed by atoms with E-state index < -0.39 is 0 Å². The van der Waals surface area contributed by atoms with Crippen molar-refractivity contribution >= 4 is 23.6 Å². The SMILES string of the molecule is C#Cc1cc(OCCOCCOCCN2C(=O)C=CC2=O)cc(OCCOCCOCCN2C(=O)C=CC2=O)c1. The Morgan fingerprint density at radius 3 is 1.25 bits per heavy atom. The summed E-state index contributed by atoms with van der Waals surface area (Å²) in [6.07, 6.45) is 10.5. The molecule has 0 atom stereocenters. The molecule has 4 amide bonds. The molecule has 12 heteroatoms. The van der Waals surface area contributed by atoms with E-state index in [9.17, 15) is 19.2 Å². The predicted molar refractivity (Wildman–Crippen MR) is 140 cm³/mol. The number of carbonyl (C=O) groups excluding carboxylic acids is 4. The smallest absolute Gasteiger partial charge is 0.253 e. The number of hydrogen-bond acceptors (Lipinski definition) is 10. The summed E-state index contributed by atoms with van der Waals surface area (Å²) in [6, 6.07) is 5.16. The van der Waals surface area contributed by atoms with Gasteiger partial charge in [-0.05, 0) is 12.1 Å². The Kier molecular flexibility index (Phi) is 12.8. The van der Waals surface area contributed by atoms with Gasteiger partial charge in [0.1, 0.15) is 24.7 Å². The molecule has 1 aromatic carbocycles. The lowest BCUT2D eigenvalue weighted by Gasteiger charge is -2.14. The van der Waals surface area contributed by atoms with Crippen molar-refractivity contribution in [1.29, 1.82) is 0 Å². The maximum Gasteiger partial charge on any atom is 0.253 e. The summed E-state index contributed by atoms with van der Waals surface area (Å²) in [4.78, 5) is 48.0. The summed E-state index contributed by atoms with van der Waals surface area (Å²) in [5.41, 5.74) is 0.603. The number of terminal acetylenes is 1. The molecule has 0 fully saturated rings. The van der Waals surface area contributed by atoms with Crippen molar-refractivity contribution in [3.05, 3.63) is 48.1 Å². The van der Waals surface area contributed by atoms with Crippen LogP contribution in [-0.4, -0.2) is 113 Å². The van der Waals surface area contributed by atoms with Crippen molar-refractivity contribution in [2.24, 2.45) is 0 Å². The third-order valence-electron chi connectivity index (χ3n) is 5.50. The molecule has 2 aliphatic rings. The summed E-state index contributed by atoms with van der Waals surface area (Å²) < 4.78 is 33.2. The lowest BCUT2D eigenvalue weighted by Crippen LogP contribution is -2.33. The van der Waals surface area contributed by atoms with Crippen LogP contribution < -0.4 is 9.47 Å². The zero-order valence-electron chi connectivity index (χ0n) is 22.1. The van der Waals surface area contributed by atoms with Gasteiger partial charge in [-0.15, -0.1) is 6.42 Å². The van der Waals surface area contributed by atoms with Crippen LogP contribution in [0.2, 0.25) is 0 Å². The highest BCUT2D eigenvalue weighted by Gasteiger charge is 2.23. The van der Waals surface area contributed by atoms with E-state index in [1.165, 1.54) is 24.3 Å². The second kappa shape index (κ2) is 16.8. The second-order valence-electron chi connectivity index (χ2n) is 8.31. The predicted octanol–water partition coefficient (Wildman–Crippen LogP) is 0.342. The van der Waals surface area contributed by atoms with Crippen molar-refractivity contribution in [1.82, 2.24) is 9.80 Å². The molecule has 0 aliphatic carbocycles. The molecule has 0 saturated carbocycles. The van der Waals surface area contributed by atoms with Gasteiger partial charge in [0.25, 0.3) is 23.6 Å². The third kappa shape index (κ3) is 10.3. The van der Waals surface area contributed by atoms with E-state index in [0.29, 0.717) is 56.7 Å². The molecule has 0 radical (unpaired) electrons. The van der Waals surface area contributed by atoms with Crippen LogP contribution in [0.1, 0.15) is 5.56 Å². The zero-order chi connectivity index (χ0) is 28.6. The van der Waals surface area contributed by atoms with Gasteiger partial charge >= 0.3 is 0 Å². The molecule has 2 heterocycles. The van der Waals surface area contributed by atoms with Crippen LogP contribution in [0.3, 0.4) is 0 Å². The maximum atomic E-state index is 11.4. The number of hydrogen-bond donors (Lipinski definition) is 0. The molecule has 0 N–H and O–H groups in total. The molecule has 1 aromatic rings. The Hall–Kier alpha value is -4.02. The highest BCUT2D eigenvalue weighted by molar-refractivity contribution is 6.13. The lowest BCUT2D eigenvalue weighted by molar-refractivity contribution is -0.139. The highest BCUT2D eigenvalue weighted by atomic mass is 16.6. The average molecular weight is 557 g/mol. The number of imide groups is 2. The number of ether oxygens (including phenoxy) is 6. The van der Waals surface area contributed by atoms with Crippen molar-refractivity contribution in [2.75, 3.05) is 79.2 Å². The molecule has 0 aromatic heterocycles. The van der Waals surface area contributed by atoms with Gasteiger partial charge in [-0.2, -0.15) is 0 Å². The summed E-state index contributed by atoms with van der Waals surface area (Å²) in [6.45, 7) is 3.42. The standard InChI is InChI=1S/C28H32N2O10/c1-2-22-19-23(39-17-15-37-13-11-35-9-7-29-25(31)3-4-26(29)32)21-24(20-22)40-18-16-38-14-12-36-10-8-30-27(33)5-6-28(30)34/h1,3-6,19-21H,7-18H2. The van der Waals surface area contributed by atoms with Crippen LogP contribution in [0.5, 0.6) is 11.5 Å². The van der Waals surface area contributed by atoms with Gasteiger partial charge in [-0.3, -0.25) is 29.0 Å². The lowest BCUT2D eigenvalue weighted by atomic mass is 10.2. The molecule has 3 rings (SSSR count). The van der Waals surface area contributed by atoms with Gasteiger partial charge in [0.2, 0.25) is 0 Å². The van der Waals surface area contributed by atoms with E-state index in [-0.39, 0.29) is 63.1 Å². The highest BCUT2D eigenvalue weighted by Crippen LogP contribution is 2.22. The quantitative estimate of drug-likeness (QED) is 0.126. The first-order valence-electron chi connectivity index (χ1n) is 12.7. The van der Waals surface area contributed by atoms with Crippen LogP contribution in [0.25, 0.3) is 0 Å². The largest absolute Gasteiger partial charge is 0.491 e. The van der Waals surface area contributed by atoms with E-state index in [4.69, 9.17) is 34.8 Å². The molecule has 214 valence electrons. The minimum Gasteiger partial charge on any atom is -0.491 e. The van der Waals surface area contributed by atoms with Gasteiger partial charge in [0.15, 0.2) is 0 Å². The van der Waals surface area contributed by atoms with Gasteiger partial charge < -0.3 is 28.4 Å². The molecule has 0 saturated heterocycles. The van der Waals surface area contributed by atoms with E-state index in [1.807, 2.05) is 0 Å². The minimum absolute atomic E-state index is 0.204. The first-order valence-corrected chi connectivity index (χ1v) is 12.7. The fourth-order valence-corrected chi connectivity index (χ4v) is 3.52. The molecular weight excluding hydrogens is 524 g/mol. The molecule has 12 nitrogen and oxygen atoms in total. The average Bonchev–Trinajstić information content (AvgIpc) is 3.45. The molecule has 40 heavy (non-hydrogen) atoms. The normalized spacial score (nSPS) is 14.5. The van der Waals surface area contributed by atoms with Crippen molar-refractivity contribution in [3.63, 3.8) is 0 Å². The number of carbonyl (C=O) groups is 4. The van der Waals surface area contributed by atoms with Crippen LogP contribution in [0.15, 0.2) is 42.5 Å². The summed E-state index contributed by atoms with van der Waals surface area (Å²) >= 11 is 0. The Morgan fingerprint density at radius 1 is 0.525 bits per heavy atom. The second-order valence-corrected chi connectivity index (χ2v) is 8.31. The molecule has 2 aliphatic heterocycles. The van der Waals surface area contributed by atoms with Crippen molar-refractivity contribution in [2.45, 2.75) is 0 Å². The summed E-state index contributed by atoms with van der Waals surface area (Å²) in [5, 5.41) is 0. The molecule has 0 spiro atoms. The van der Waals surface area contributed by atoms with Gasteiger partial charge in [0.05, 0.1) is 65.9 Å². The van der Waals surface area contributed by atoms with E-state index in [0.717, 1.165) is 9.80 Å². The zero-order valence-corrected chi connectivity index (χ0v) is 22.1. The first kappa shape index (κ1) is 30.5. The Balaban J connectivity index is 1.20. The summed E-state index contributed by atoms with van der Waals surface area (Å²) in [7, 11) is 0. The van der Waals surface area contributed by atoms with Gasteiger partial charge in [-0.25, -0.2) is 0 Å². The molecule has 0 bridgehead atoms. The van der Waals surface area contributed by atoms with Crippen LogP contribution in [0.4, 0.5) is 0 Å². The first-order chi connectivity index (χ1) is 19.5. The Morgan fingerprint density at radius 2 is 0.875 bits per heavy atom. The van der Waals surface area contributed by atoms with Crippen LogP contribution >= 0.6 is 0 Å². The molecular formula is C28H32N2O10.